The largest absolute Gasteiger partial charge is 0.497 e. The maximum absolute atomic E-state index is 5.77. The van der Waals surface area contributed by atoms with Gasteiger partial charge in [-0.1, -0.05) is 0 Å². The number of H-pyrrole nitrogens is 1. The molecular formula is C12H12N6O. The van der Waals surface area contributed by atoms with Gasteiger partial charge in [-0.25, -0.2) is 4.98 Å². The standard InChI is InChI=1S/C12H12N6O/c1-19-7-4-2-6(3-5-7)10-15-8-9(13)16-12(14)18-11(8)17-10/h2-5H,1H3,(H5,13,14,15,16,17,18). The van der Waals surface area contributed by atoms with Gasteiger partial charge in [0.05, 0.1) is 7.11 Å². The van der Waals surface area contributed by atoms with Crippen LogP contribution in [-0.2, 0) is 0 Å². The van der Waals surface area contributed by atoms with Gasteiger partial charge in [0.1, 0.15) is 17.1 Å². The smallest absolute Gasteiger partial charge is 0.224 e. The molecule has 19 heavy (non-hydrogen) atoms. The third-order valence-electron chi connectivity index (χ3n) is 2.76. The highest BCUT2D eigenvalue weighted by atomic mass is 16.5. The summed E-state index contributed by atoms with van der Waals surface area (Å²) in [5.41, 5.74) is 13.2. The Balaban J connectivity index is 2.12. The second kappa shape index (κ2) is 4.13. The summed E-state index contributed by atoms with van der Waals surface area (Å²) in [6.45, 7) is 0. The van der Waals surface area contributed by atoms with E-state index in [9.17, 15) is 0 Å². The third-order valence-corrected chi connectivity index (χ3v) is 2.76. The zero-order chi connectivity index (χ0) is 13.4. The number of anilines is 2. The van der Waals surface area contributed by atoms with Crippen LogP contribution in [0, 0.1) is 0 Å². The van der Waals surface area contributed by atoms with Crippen molar-refractivity contribution in [2.75, 3.05) is 18.6 Å². The van der Waals surface area contributed by atoms with Crippen LogP contribution >= 0.6 is 0 Å². The van der Waals surface area contributed by atoms with Crippen LogP contribution in [0.25, 0.3) is 22.6 Å². The number of ether oxygens (including phenoxy) is 1. The Morgan fingerprint density at radius 2 is 1.79 bits per heavy atom. The molecule has 2 heterocycles. The summed E-state index contributed by atoms with van der Waals surface area (Å²) >= 11 is 0. The molecule has 0 spiro atoms. The molecule has 7 heteroatoms. The van der Waals surface area contributed by atoms with Crippen LogP contribution in [0.2, 0.25) is 0 Å². The summed E-state index contributed by atoms with van der Waals surface area (Å²) in [5.74, 6) is 1.83. The minimum absolute atomic E-state index is 0.109. The highest BCUT2D eigenvalue weighted by Crippen LogP contribution is 2.24. The molecule has 2 aromatic heterocycles. The van der Waals surface area contributed by atoms with Crippen molar-refractivity contribution in [3.8, 4) is 17.1 Å². The van der Waals surface area contributed by atoms with Crippen LogP contribution < -0.4 is 16.2 Å². The van der Waals surface area contributed by atoms with E-state index in [0.29, 0.717) is 17.0 Å². The first-order valence-corrected chi connectivity index (χ1v) is 5.60. The monoisotopic (exact) mass is 256 g/mol. The van der Waals surface area contributed by atoms with Gasteiger partial charge >= 0.3 is 0 Å². The minimum atomic E-state index is 0.109. The summed E-state index contributed by atoms with van der Waals surface area (Å²) in [5, 5.41) is 0. The lowest BCUT2D eigenvalue weighted by Gasteiger charge is -2.00. The van der Waals surface area contributed by atoms with Crippen molar-refractivity contribution in [1.82, 2.24) is 19.9 Å². The lowest BCUT2D eigenvalue weighted by Crippen LogP contribution is -1.99. The molecule has 0 saturated heterocycles. The number of hydrogen-bond donors (Lipinski definition) is 3. The first-order chi connectivity index (χ1) is 9.17. The number of nitrogens with one attached hydrogen (secondary N) is 1. The summed E-state index contributed by atoms with van der Waals surface area (Å²) in [6.07, 6.45) is 0. The van der Waals surface area contributed by atoms with Crippen LogP contribution in [-0.4, -0.2) is 27.0 Å². The third kappa shape index (κ3) is 1.90. The van der Waals surface area contributed by atoms with Gasteiger partial charge in [0, 0.05) is 5.56 Å². The van der Waals surface area contributed by atoms with Crippen molar-refractivity contribution in [2.45, 2.75) is 0 Å². The molecule has 5 N–H and O–H groups in total. The van der Waals surface area contributed by atoms with E-state index in [1.54, 1.807) is 7.11 Å². The second-order valence-corrected chi connectivity index (χ2v) is 3.98. The molecule has 0 aliphatic carbocycles. The Hall–Kier alpha value is -2.83. The number of methoxy groups -OCH3 is 1. The number of benzene rings is 1. The Morgan fingerprint density at radius 1 is 1.05 bits per heavy atom. The fourth-order valence-electron chi connectivity index (χ4n) is 1.82. The van der Waals surface area contributed by atoms with Gasteiger partial charge in [-0.15, -0.1) is 0 Å². The molecule has 3 rings (SSSR count). The summed E-state index contributed by atoms with van der Waals surface area (Å²) < 4.78 is 5.11. The zero-order valence-electron chi connectivity index (χ0n) is 10.2. The van der Waals surface area contributed by atoms with Crippen LogP contribution in [0.1, 0.15) is 0 Å². The Kier molecular flexibility index (Phi) is 2.45. The summed E-state index contributed by atoms with van der Waals surface area (Å²) in [4.78, 5) is 15.4. The normalized spacial score (nSPS) is 10.8. The highest BCUT2D eigenvalue weighted by Gasteiger charge is 2.10. The van der Waals surface area contributed by atoms with Crippen LogP contribution in [0.5, 0.6) is 5.75 Å². The lowest BCUT2D eigenvalue weighted by atomic mass is 10.2. The Bertz CT molecular complexity index is 734. The van der Waals surface area contributed by atoms with Crippen molar-refractivity contribution in [3.63, 3.8) is 0 Å². The van der Waals surface area contributed by atoms with Crippen molar-refractivity contribution in [1.29, 1.82) is 0 Å². The lowest BCUT2D eigenvalue weighted by molar-refractivity contribution is 0.415. The van der Waals surface area contributed by atoms with Crippen LogP contribution in [0.15, 0.2) is 24.3 Å². The van der Waals surface area contributed by atoms with Crippen molar-refractivity contribution >= 4 is 22.9 Å². The van der Waals surface area contributed by atoms with Crippen molar-refractivity contribution in [3.05, 3.63) is 24.3 Å². The van der Waals surface area contributed by atoms with Crippen molar-refractivity contribution < 1.29 is 4.74 Å². The molecular weight excluding hydrogens is 244 g/mol. The fourth-order valence-corrected chi connectivity index (χ4v) is 1.82. The predicted molar refractivity (Wildman–Crippen MR) is 72.5 cm³/mol. The number of aromatic amines is 1. The summed E-state index contributed by atoms with van der Waals surface area (Å²) in [7, 11) is 1.62. The number of nitrogen functional groups attached to an aromatic ring is 2. The number of aromatic nitrogens is 4. The molecule has 0 fully saturated rings. The number of nitrogens with two attached hydrogens (primary N) is 2. The molecule has 0 radical (unpaired) electrons. The maximum Gasteiger partial charge on any atom is 0.224 e. The minimum Gasteiger partial charge on any atom is -0.497 e. The average molecular weight is 256 g/mol. The average Bonchev–Trinajstić information content (AvgIpc) is 2.83. The van der Waals surface area contributed by atoms with Crippen LogP contribution in [0.3, 0.4) is 0 Å². The van der Waals surface area contributed by atoms with Gasteiger partial charge in [0.25, 0.3) is 0 Å². The summed E-state index contributed by atoms with van der Waals surface area (Å²) in [6, 6.07) is 7.49. The molecule has 0 aliphatic heterocycles. The number of rotatable bonds is 2. The quantitative estimate of drug-likeness (QED) is 0.634. The molecule has 1 aromatic carbocycles. The number of imidazole rings is 1. The highest BCUT2D eigenvalue weighted by molar-refractivity contribution is 5.85. The van der Waals surface area contributed by atoms with E-state index < -0.39 is 0 Å². The maximum atomic E-state index is 5.77. The van der Waals surface area contributed by atoms with Crippen LogP contribution in [0.4, 0.5) is 11.8 Å². The van der Waals surface area contributed by atoms with Gasteiger partial charge < -0.3 is 21.2 Å². The number of nitrogens with zero attached hydrogens (tertiary/aromatic N) is 3. The molecule has 0 amide bonds. The van der Waals surface area contributed by atoms with E-state index in [-0.39, 0.29) is 11.8 Å². The van der Waals surface area contributed by atoms with E-state index in [1.807, 2.05) is 24.3 Å². The number of fused-ring (bicyclic) bond motifs is 1. The number of hydrogen-bond acceptors (Lipinski definition) is 6. The SMILES string of the molecule is COc1ccc(-c2nc3nc(N)nc(N)c3[nH]2)cc1. The van der Waals surface area contributed by atoms with E-state index >= 15 is 0 Å². The van der Waals surface area contributed by atoms with Gasteiger partial charge in [0.2, 0.25) is 5.95 Å². The Morgan fingerprint density at radius 3 is 2.47 bits per heavy atom. The molecule has 3 aromatic rings. The first kappa shape index (κ1) is 11.3. The first-order valence-electron chi connectivity index (χ1n) is 5.60. The Labute approximate surface area is 108 Å². The topological polar surface area (TPSA) is 116 Å². The van der Waals surface area contributed by atoms with Gasteiger partial charge in [-0.2, -0.15) is 9.97 Å². The van der Waals surface area contributed by atoms with Gasteiger partial charge in [-0.05, 0) is 24.3 Å². The molecule has 7 nitrogen and oxygen atoms in total. The molecule has 0 aliphatic rings. The van der Waals surface area contributed by atoms with E-state index in [0.717, 1.165) is 11.3 Å². The molecule has 96 valence electrons. The van der Waals surface area contributed by atoms with E-state index in [4.69, 9.17) is 16.2 Å². The van der Waals surface area contributed by atoms with E-state index in [1.165, 1.54) is 0 Å². The fraction of sp³-hybridized carbons (Fsp3) is 0.0833. The molecule has 0 saturated carbocycles. The zero-order valence-corrected chi connectivity index (χ0v) is 10.2. The molecule has 0 unspecified atom stereocenters. The van der Waals surface area contributed by atoms with E-state index in [2.05, 4.69) is 19.9 Å². The second-order valence-electron chi connectivity index (χ2n) is 3.98. The van der Waals surface area contributed by atoms with Gasteiger partial charge in [-0.3, -0.25) is 0 Å². The molecule has 0 bridgehead atoms. The molecule has 0 atom stereocenters. The van der Waals surface area contributed by atoms with Gasteiger partial charge in [0.15, 0.2) is 11.5 Å². The predicted octanol–water partition coefficient (Wildman–Crippen LogP) is 1.19. The van der Waals surface area contributed by atoms with Crippen molar-refractivity contribution in [2.24, 2.45) is 0 Å².